The zero-order valence-corrected chi connectivity index (χ0v) is 21.8. The van der Waals surface area contributed by atoms with Gasteiger partial charge in [-0.15, -0.1) is 6.58 Å². The fourth-order valence-electron chi connectivity index (χ4n) is 3.75. The number of rotatable bonds is 13. The number of benzene rings is 3. The quantitative estimate of drug-likeness (QED) is 0.102. The van der Waals surface area contributed by atoms with E-state index in [4.69, 9.17) is 14.2 Å². The van der Waals surface area contributed by atoms with Crippen LogP contribution in [-0.2, 0) is 24.4 Å². The van der Waals surface area contributed by atoms with Crippen molar-refractivity contribution in [3.63, 3.8) is 0 Å². The number of non-ortho nitro benzene ring substituents is 1. The molecular weight excluding hydrogens is 498 g/mol. The second-order valence-electron chi connectivity index (χ2n) is 8.35. The third-order valence-corrected chi connectivity index (χ3v) is 5.61. The van der Waals surface area contributed by atoms with Crippen molar-refractivity contribution in [1.82, 2.24) is 5.32 Å². The zero-order chi connectivity index (χ0) is 28.2. The van der Waals surface area contributed by atoms with E-state index in [1.54, 1.807) is 49.6 Å². The molecule has 9 heteroatoms. The number of nitro groups is 1. The second-order valence-corrected chi connectivity index (χ2v) is 8.35. The predicted molar refractivity (Wildman–Crippen MR) is 147 cm³/mol. The number of hydrogen-bond donors (Lipinski definition) is 1. The minimum atomic E-state index is -0.512. The molecule has 0 radical (unpaired) electrons. The van der Waals surface area contributed by atoms with Crippen LogP contribution in [-0.4, -0.2) is 24.5 Å². The Labute approximate surface area is 227 Å². The maximum Gasteiger partial charge on any atom is 0.269 e. The molecule has 9 nitrogen and oxygen atoms in total. The van der Waals surface area contributed by atoms with Gasteiger partial charge in [-0.2, -0.15) is 5.26 Å². The summed E-state index contributed by atoms with van der Waals surface area (Å²) < 4.78 is 17.0. The minimum absolute atomic E-state index is 0.0257. The molecule has 0 aliphatic rings. The smallest absolute Gasteiger partial charge is 0.269 e. The predicted octanol–water partition coefficient (Wildman–Crippen LogP) is 5.53. The van der Waals surface area contributed by atoms with E-state index in [1.165, 1.54) is 18.2 Å². The summed E-state index contributed by atoms with van der Waals surface area (Å²) in [5, 5.41) is 23.6. The summed E-state index contributed by atoms with van der Waals surface area (Å²) in [6, 6.07) is 18.9. The number of nitrogens with one attached hydrogen (secondary N) is 1. The van der Waals surface area contributed by atoms with Crippen LogP contribution in [0.5, 0.6) is 17.2 Å². The standard InChI is InChI=1S/C30H29N3O6/c1-4-7-24-14-23(15-25(18-31)30(34)32-19-21-10-12-27(37-3)13-11-21)17-28(38-5-2)29(24)39-20-22-8-6-9-26(16-22)33(35)36/h4,6,8-17H,1,5,7,19-20H2,2-3H3,(H,32,34)/b25-15-. The Kier molecular flexibility index (Phi) is 10.2. The molecule has 3 aromatic carbocycles. The molecule has 3 rings (SSSR count). The van der Waals surface area contributed by atoms with Crippen LogP contribution in [0.2, 0.25) is 0 Å². The van der Waals surface area contributed by atoms with E-state index in [2.05, 4.69) is 11.9 Å². The molecule has 0 atom stereocenters. The Morgan fingerprint density at radius 3 is 2.54 bits per heavy atom. The summed E-state index contributed by atoms with van der Waals surface area (Å²) in [5.74, 6) is 1.08. The van der Waals surface area contributed by atoms with Crippen LogP contribution in [0.3, 0.4) is 0 Å². The average Bonchev–Trinajstić information content (AvgIpc) is 2.95. The summed E-state index contributed by atoms with van der Waals surface area (Å²) in [6.45, 7) is 6.32. The topological polar surface area (TPSA) is 124 Å². The van der Waals surface area contributed by atoms with Gasteiger partial charge in [0, 0.05) is 24.2 Å². The van der Waals surface area contributed by atoms with E-state index in [0.717, 1.165) is 11.1 Å². The van der Waals surface area contributed by atoms with Gasteiger partial charge >= 0.3 is 0 Å². The summed E-state index contributed by atoms with van der Waals surface area (Å²) in [7, 11) is 1.58. The number of nitro benzene ring substituents is 1. The second kappa shape index (κ2) is 14.0. The molecule has 0 fully saturated rings. The molecule has 200 valence electrons. The zero-order valence-electron chi connectivity index (χ0n) is 21.8. The number of methoxy groups -OCH3 is 1. The maximum atomic E-state index is 12.8. The van der Waals surface area contributed by atoms with Gasteiger partial charge in [0.1, 0.15) is 24.0 Å². The Morgan fingerprint density at radius 1 is 1.13 bits per heavy atom. The lowest BCUT2D eigenvalue weighted by Crippen LogP contribution is -2.23. The number of nitrogens with zero attached hydrogens (tertiary/aromatic N) is 2. The maximum absolute atomic E-state index is 12.8. The molecule has 0 saturated carbocycles. The monoisotopic (exact) mass is 527 g/mol. The lowest BCUT2D eigenvalue weighted by Gasteiger charge is -2.17. The third kappa shape index (κ3) is 7.94. The van der Waals surface area contributed by atoms with E-state index in [-0.39, 0.29) is 24.4 Å². The van der Waals surface area contributed by atoms with E-state index in [0.29, 0.717) is 41.4 Å². The van der Waals surface area contributed by atoms with Crippen molar-refractivity contribution < 1.29 is 23.9 Å². The van der Waals surface area contributed by atoms with Crippen LogP contribution in [0.4, 0.5) is 5.69 Å². The van der Waals surface area contributed by atoms with Gasteiger partial charge in [0.25, 0.3) is 11.6 Å². The van der Waals surface area contributed by atoms with Crippen LogP contribution in [0.1, 0.15) is 29.2 Å². The average molecular weight is 528 g/mol. The molecule has 0 unspecified atom stereocenters. The fourth-order valence-corrected chi connectivity index (χ4v) is 3.75. The van der Waals surface area contributed by atoms with E-state index in [9.17, 15) is 20.2 Å². The van der Waals surface area contributed by atoms with Gasteiger partial charge in [-0.25, -0.2) is 0 Å². The van der Waals surface area contributed by atoms with Crippen LogP contribution < -0.4 is 19.5 Å². The van der Waals surface area contributed by atoms with Crippen LogP contribution in [0.25, 0.3) is 6.08 Å². The van der Waals surface area contributed by atoms with Gasteiger partial charge in [-0.05, 0) is 60.4 Å². The molecule has 0 heterocycles. The van der Waals surface area contributed by atoms with Crippen molar-refractivity contribution in [1.29, 1.82) is 5.26 Å². The first kappa shape index (κ1) is 28.5. The number of carbonyl (C=O) groups is 1. The summed E-state index contributed by atoms with van der Waals surface area (Å²) in [5.41, 5.74) is 2.69. The first-order valence-corrected chi connectivity index (χ1v) is 12.2. The lowest BCUT2D eigenvalue weighted by atomic mass is 10.0. The molecular formula is C30H29N3O6. The highest BCUT2D eigenvalue weighted by molar-refractivity contribution is 6.01. The molecule has 0 spiro atoms. The van der Waals surface area contributed by atoms with Crippen LogP contribution >= 0.6 is 0 Å². The fraction of sp³-hybridized carbons (Fsp3) is 0.200. The van der Waals surface area contributed by atoms with Crippen molar-refractivity contribution in [2.24, 2.45) is 0 Å². The van der Waals surface area contributed by atoms with Gasteiger partial charge in [-0.1, -0.05) is 30.3 Å². The first-order chi connectivity index (χ1) is 18.9. The van der Waals surface area contributed by atoms with Gasteiger partial charge in [0.05, 0.1) is 18.6 Å². The number of allylic oxidation sites excluding steroid dienone is 1. The number of amides is 1. The summed E-state index contributed by atoms with van der Waals surface area (Å²) >= 11 is 0. The molecule has 39 heavy (non-hydrogen) atoms. The van der Waals surface area contributed by atoms with Gasteiger partial charge in [-0.3, -0.25) is 14.9 Å². The molecule has 0 aliphatic carbocycles. The Morgan fingerprint density at radius 2 is 1.90 bits per heavy atom. The Balaban J connectivity index is 1.85. The van der Waals surface area contributed by atoms with Gasteiger partial charge in [0.15, 0.2) is 11.5 Å². The number of nitriles is 1. The first-order valence-electron chi connectivity index (χ1n) is 12.2. The highest BCUT2D eigenvalue weighted by atomic mass is 16.6. The van der Waals surface area contributed by atoms with Gasteiger partial charge in [0.2, 0.25) is 0 Å². The molecule has 3 aromatic rings. The molecule has 0 aliphatic heterocycles. The van der Waals surface area contributed by atoms with Crippen molar-refractivity contribution in [3.8, 4) is 23.3 Å². The van der Waals surface area contributed by atoms with Crippen LogP contribution in [0.15, 0.2) is 78.9 Å². The highest BCUT2D eigenvalue weighted by Gasteiger charge is 2.16. The van der Waals surface area contributed by atoms with Gasteiger partial charge < -0.3 is 19.5 Å². The third-order valence-electron chi connectivity index (χ3n) is 5.61. The SMILES string of the molecule is C=CCc1cc(/C=C(/C#N)C(=O)NCc2ccc(OC)cc2)cc(OCC)c1OCc1cccc([N+](=O)[O-])c1. The Hall–Kier alpha value is -5.10. The number of ether oxygens (including phenoxy) is 3. The summed E-state index contributed by atoms with van der Waals surface area (Å²) in [4.78, 5) is 23.4. The highest BCUT2D eigenvalue weighted by Crippen LogP contribution is 2.35. The van der Waals surface area contributed by atoms with Crippen LogP contribution in [0, 0.1) is 21.4 Å². The molecule has 0 saturated heterocycles. The Bertz CT molecular complexity index is 1410. The van der Waals surface area contributed by atoms with E-state index in [1.807, 2.05) is 25.1 Å². The van der Waals surface area contributed by atoms with Crippen molar-refractivity contribution >= 4 is 17.7 Å². The van der Waals surface area contributed by atoms with E-state index < -0.39 is 10.8 Å². The minimum Gasteiger partial charge on any atom is -0.497 e. The largest absolute Gasteiger partial charge is 0.497 e. The molecule has 1 amide bonds. The normalized spacial score (nSPS) is 10.7. The van der Waals surface area contributed by atoms with Crippen molar-refractivity contribution in [2.45, 2.75) is 26.5 Å². The van der Waals surface area contributed by atoms with E-state index >= 15 is 0 Å². The molecule has 0 aromatic heterocycles. The number of carbonyl (C=O) groups excluding carboxylic acids is 1. The molecule has 0 bridgehead atoms. The summed E-state index contributed by atoms with van der Waals surface area (Å²) in [6.07, 6.45) is 3.62. The lowest BCUT2D eigenvalue weighted by molar-refractivity contribution is -0.384. The molecule has 1 N–H and O–H groups in total. The number of hydrogen-bond acceptors (Lipinski definition) is 7. The van der Waals surface area contributed by atoms with Crippen molar-refractivity contribution in [2.75, 3.05) is 13.7 Å². The van der Waals surface area contributed by atoms with Crippen molar-refractivity contribution in [3.05, 3.63) is 111 Å².